The number of hydrogen-bond acceptors (Lipinski definition) is 5. The molecule has 1 aliphatic rings. The minimum Gasteiger partial charge on any atom is -0.454 e. The van der Waals surface area contributed by atoms with Crippen molar-refractivity contribution in [3.05, 3.63) is 60.8 Å². The number of halogens is 1. The van der Waals surface area contributed by atoms with Crippen molar-refractivity contribution in [3.8, 4) is 0 Å². The largest absolute Gasteiger partial charge is 0.454 e. The maximum absolute atomic E-state index is 12.5. The Kier molecular flexibility index (Phi) is 4.54. The average Bonchev–Trinajstić information content (AvgIpc) is 3.02. The number of carbonyl (C=O) groups is 1. The van der Waals surface area contributed by atoms with Gasteiger partial charge in [0.05, 0.1) is 16.5 Å². The maximum Gasteiger partial charge on any atom is 0.339 e. The van der Waals surface area contributed by atoms with Gasteiger partial charge in [-0.2, -0.15) is 0 Å². The quantitative estimate of drug-likeness (QED) is 0.685. The van der Waals surface area contributed by atoms with E-state index < -0.39 is 0 Å². The van der Waals surface area contributed by atoms with Crippen LogP contribution in [0.1, 0.15) is 40.0 Å². The van der Waals surface area contributed by atoms with Gasteiger partial charge in [-0.05, 0) is 48.9 Å². The molecule has 0 bridgehead atoms. The molecular weight excluding hydrogens is 372 g/mol. The van der Waals surface area contributed by atoms with Gasteiger partial charge >= 0.3 is 5.97 Å². The Labute approximate surface area is 159 Å². The Hall–Kier alpha value is -2.18. The number of ether oxygens (including phenoxy) is 1. The van der Waals surface area contributed by atoms with Gasteiger partial charge in [-0.25, -0.2) is 9.78 Å². The molecule has 0 spiro atoms. The monoisotopic (exact) mass is 388 g/mol. The number of nitrogens with zero attached hydrogens (tertiary/aromatic N) is 1. The molecule has 3 aromatic rings. The van der Waals surface area contributed by atoms with Crippen molar-refractivity contribution < 1.29 is 9.53 Å². The highest BCUT2D eigenvalue weighted by Crippen LogP contribution is 2.33. The third kappa shape index (κ3) is 3.27. The van der Waals surface area contributed by atoms with Gasteiger partial charge in [0.25, 0.3) is 5.56 Å². The fourth-order valence-corrected chi connectivity index (χ4v) is 4.69. The highest BCUT2D eigenvalue weighted by Gasteiger charge is 2.24. The molecule has 26 heavy (non-hydrogen) atoms. The molecule has 1 aromatic carbocycles. The molecule has 2 aromatic heterocycles. The van der Waals surface area contributed by atoms with Gasteiger partial charge in [0.2, 0.25) is 0 Å². The van der Waals surface area contributed by atoms with E-state index in [1.807, 2.05) is 5.38 Å². The molecule has 0 amide bonds. The first-order valence-corrected chi connectivity index (χ1v) is 9.72. The number of fused-ring (bicyclic) bond motifs is 2. The minimum absolute atomic E-state index is 0.0858. The van der Waals surface area contributed by atoms with Crippen LogP contribution < -0.4 is 5.56 Å². The third-order valence-corrected chi connectivity index (χ3v) is 5.97. The lowest BCUT2D eigenvalue weighted by Gasteiger charge is -2.18. The second-order valence-electron chi connectivity index (χ2n) is 6.65. The zero-order chi connectivity index (χ0) is 18.3. The molecule has 2 heterocycles. The van der Waals surface area contributed by atoms with Crippen LogP contribution in [0.4, 0.5) is 0 Å². The van der Waals surface area contributed by atoms with Crippen LogP contribution in [0, 0.1) is 5.92 Å². The molecule has 1 atom stereocenters. The van der Waals surface area contributed by atoms with Crippen LogP contribution in [0.15, 0.2) is 28.4 Å². The first-order valence-electron chi connectivity index (χ1n) is 8.46. The van der Waals surface area contributed by atoms with E-state index >= 15 is 0 Å². The summed E-state index contributed by atoms with van der Waals surface area (Å²) in [6, 6.07) is 4.88. The molecule has 7 heteroatoms. The lowest BCUT2D eigenvalue weighted by molar-refractivity contribution is 0.0461. The predicted molar refractivity (Wildman–Crippen MR) is 102 cm³/mol. The molecule has 0 aliphatic heterocycles. The van der Waals surface area contributed by atoms with Crippen molar-refractivity contribution in [2.24, 2.45) is 5.92 Å². The van der Waals surface area contributed by atoms with Crippen LogP contribution in [0.2, 0.25) is 5.02 Å². The summed E-state index contributed by atoms with van der Waals surface area (Å²) in [5, 5.41) is 2.82. The Balaban J connectivity index is 1.53. The van der Waals surface area contributed by atoms with Crippen molar-refractivity contribution >= 4 is 39.8 Å². The number of thiophene rings is 1. The molecule has 1 N–H and O–H groups in total. The summed E-state index contributed by atoms with van der Waals surface area (Å²) >= 11 is 7.58. The van der Waals surface area contributed by atoms with Crippen LogP contribution in [0.3, 0.4) is 0 Å². The zero-order valence-corrected chi connectivity index (χ0v) is 15.7. The number of carbonyl (C=O) groups excluding carboxylic acids is 1. The zero-order valence-electron chi connectivity index (χ0n) is 14.2. The number of benzene rings is 1. The average molecular weight is 389 g/mol. The van der Waals surface area contributed by atoms with E-state index in [0.29, 0.717) is 33.2 Å². The van der Waals surface area contributed by atoms with Crippen LogP contribution >= 0.6 is 22.9 Å². The fraction of sp³-hybridized carbons (Fsp3) is 0.316. The van der Waals surface area contributed by atoms with Gasteiger partial charge in [-0.15, -0.1) is 11.3 Å². The highest BCUT2D eigenvalue weighted by atomic mass is 35.5. The topological polar surface area (TPSA) is 72.0 Å². The third-order valence-electron chi connectivity index (χ3n) is 4.68. The normalized spacial score (nSPS) is 16.5. The molecule has 0 radical (unpaired) electrons. The van der Waals surface area contributed by atoms with E-state index in [0.717, 1.165) is 24.8 Å². The summed E-state index contributed by atoms with van der Waals surface area (Å²) in [6.45, 7) is 2.15. The number of hydrogen-bond donors (Lipinski definition) is 1. The number of H-pyrrole nitrogens is 1. The van der Waals surface area contributed by atoms with E-state index in [-0.39, 0.29) is 18.1 Å². The van der Waals surface area contributed by atoms with Crippen LogP contribution in [0.25, 0.3) is 10.9 Å². The van der Waals surface area contributed by atoms with Crippen LogP contribution in [-0.4, -0.2) is 15.9 Å². The molecule has 4 rings (SSSR count). The van der Waals surface area contributed by atoms with E-state index in [9.17, 15) is 9.59 Å². The lowest BCUT2D eigenvalue weighted by Crippen LogP contribution is -2.16. The van der Waals surface area contributed by atoms with Gasteiger partial charge in [0.15, 0.2) is 0 Å². The van der Waals surface area contributed by atoms with E-state index in [1.54, 1.807) is 29.5 Å². The summed E-state index contributed by atoms with van der Waals surface area (Å²) in [4.78, 5) is 32.9. The number of nitrogens with one attached hydrogen (secondary N) is 1. The Morgan fingerprint density at radius 3 is 3.15 bits per heavy atom. The molecule has 0 saturated heterocycles. The number of rotatable bonds is 3. The van der Waals surface area contributed by atoms with E-state index in [1.165, 1.54) is 4.88 Å². The summed E-state index contributed by atoms with van der Waals surface area (Å²) in [6.07, 6.45) is 3.02. The Morgan fingerprint density at radius 2 is 2.31 bits per heavy atom. The molecule has 0 fully saturated rings. The summed E-state index contributed by atoms with van der Waals surface area (Å²) in [5.74, 6) is 0.588. The molecule has 5 nitrogen and oxygen atoms in total. The maximum atomic E-state index is 12.5. The first-order chi connectivity index (χ1) is 12.5. The SMILES string of the molecule is CC1CCc2c(C(=O)OCc3nc4cc(Cl)ccc4c(=O)[nH]3)csc2C1. The highest BCUT2D eigenvalue weighted by molar-refractivity contribution is 7.10. The van der Waals surface area contributed by atoms with Crippen LogP contribution in [-0.2, 0) is 24.2 Å². The summed E-state index contributed by atoms with van der Waals surface area (Å²) < 4.78 is 5.40. The smallest absolute Gasteiger partial charge is 0.339 e. The standard InChI is InChI=1S/C19H17ClN2O3S/c1-10-2-4-12-14(9-26-16(12)6-10)19(24)25-8-17-21-15-7-11(20)3-5-13(15)18(23)22-17/h3,5,7,9-10H,2,4,6,8H2,1H3,(H,21,22,23). The van der Waals surface area contributed by atoms with Gasteiger partial charge in [0.1, 0.15) is 12.4 Å². The fourth-order valence-electron chi connectivity index (χ4n) is 3.29. The van der Waals surface area contributed by atoms with Gasteiger partial charge in [-0.1, -0.05) is 18.5 Å². The van der Waals surface area contributed by atoms with Gasteiger partial charge in [0, 0.05) is 15.3 Å². The Morgan fingerprint density at radius 1 is 1.46 bits per heavy atom. The van der Waals surface area contributed by atoms with Crippen molar-refractivity contribution in [2.75, 3.05) is 0 Å². The number of esters is 1. The van der Waals surface area contributed by atoms with E-state index in [2.05, 4.69) is 16.9 Å². The Bertz CT molecular complexity index is 1060. The number of aromatic amines is 1. The number of aromatic nitrogens is 2. The van der Waals surface area contributed by atoms with Crippen molar-refractivity contribution in [3.63, 3.8) is 0 Å². The molecule has 1 unspecified atom stereocenters. The predicted octanol–water partition coefficient (Wildman–Crippen LogP) is 4.12. The summed E-state index contributed by atoms with van der Waals surface area (Å²) in [7, 11) is 0. The van der Waals surface area contributed by atoms with Crippen molar-refractivity contribution in [1.29, 1.82) is 0 Å². The molecule has 0 saturated carbocycles. The molecule has 134 valence electrons. The second kappa shape index (κ2) is 6.85. The second-order valence-corrected chi connectivity index (χ2v) is 8.05. The lowest BCUT2D eigenvalue weighted by atomic mass is 9.88. The van der Waals surface area contributed by atoms with E-state index in [4.69, 9.17) is 16.3 Å². The van der Waals surface area contributed by atoms with Gasteiger partial charge in [-0.3, -0.25) is 4.79 Å². The first kappa shape index (κ1) is 17.2. The summed E-state index contributed by atoms with van der Waals surface area (Å²) in [5.41, 5.74) is 1.96. The molecule has 1 aliphatic carbocycles. The minimum atomic E-state index is -0.370. The van der Waals surface area contributed by atoms with Crippen molar-refractivity contribution in [1.82, 2.24) is 9.97 Å². The van der Waals surface area contributed by atoms with Gasteiger partial charge < -0.3 is 9.72 Å². The van der Waals surface area contributed by atoms with Crippen molar-refractivity contribution in [2.45, 2.75) is 32.8 Å². The molecular formula is C19H17ClN2O3S. The van der Waals surface area contributed by atoms with Crippen LogP contribution in [0.5, 0.6) is 0 Å².